The molecule has 1 fully saturated rings. The van der Waals surface area contributed by atoms with Gasteiger partial charge < -0.3 is 10.6 Å². The zero-order valence-corrected chi connectivity index (χ0v) is 12.7. The molecule has 0 amide bonds. The van der Waals surface area contributed by atoms with Crippen molar-refractivity contribution in [3.8, 4) is 0 Å². The monoisotopic (exact) mass is 261 g/mol. The summed E-state index contributed by atoms with van der Waals surface area (Å²) in [6.07, 6.45) is 4.55. The minimum atomic E-state index is 0.171. The summed E-state index contributed by atoms with van der Waals surface area (Å²) >= 11 is 0. The van der Waals surface area contributed by atoms with Gasteiger partial charge in [0.1, 0.15) is 5.82 Å². The first-order valence-electron chi connectivity index (χ1n) is 7.30. The van der Waals surface area contributed by atoms with Crippen LogP contribution in [0.1, 0.15) is 46.1 Å². The summed E-state index contributed by atoms with van der Waals surface area (Å²) in [5.74, 6) is 0.986. The highest BCUT2D eigenvalue weighted by Crippen LogP contribution is 2.26. The third-order valence-electron chi connectivity index (χ3n) is 4.01. The zero-order valence-electron chi connectivity index (χ0n) is 12.7. The van der Waals surface area contributed by atoms with Gasteiger partial charge in [0.05, 0.1) is 0 Å². The number of rotatable bonds is 3. The molecule has 0 aliphatic carbocycles. The summed E-state index contributed by atoms with van der Waals surface area (Å²) in [7, 11) is 0. The zero-order chi connectivity index (χ0) is 13.9. The number of nitrogens with zero attached hydrogens (tertiary/aromatic N) is 1. The first-order chi connectivity index (χ1) is 8.89. The van der Waals surface area contributed by atoms with E-state index < -0.39 is 0 Å². The Morgan fingerprint density at radius 1 is 1.37 bits per heavy atom. The second-order valence-electron chi connectivity index (χ2n) is 7.13. The highest BCUT2D eigenvalue weighted by atomic mass is 15.0. The highest BCUT2D eigenvalue weighted by Gasteiger charge is 2.26. The number of pyridine rings is 1. The summed E-state index contributed by atoms with van der Waals surface area (Å²) in [6.45, 7) is 12.2. The molecule has 106 valence electrons. The Hall–Kier alpha value is -1.09. The van der Waals surface area contributed by atoms with Crippen LogP contribution in [-0.2, 0) is 5.41 Å². The molecule has 1 saturated heterocycles. The molecule has 19 heavy (non-hydrogen) atoms. The fourth-order valence-electron chi connectivity index (χ4n) is 2.52. The van der Waals surface area contributed by atoms with Gasteiger partial charge in [-0.2, -0.15) is 0 Å². The lowest BCUT2D eigenvalue weighted by atomic mass is 9.83. The Labute approximate surface area is 117 Å². The van der Waals surface area contributed by atoms with Crippen LogP contribution in [-0.4, -0.2) is 24.6 Å². The van der Waals surface area contributed by atoms with E-state index in [0.717, 1.165) is 25.5 Å². The van der Waals surface area contributed by atoms with Gasteiger partial charge in [0, 0.05) is 19.3 Å². The minimum Gasteiger partial charge on any atom is -0.369 e. The molecular weight excluding hydrogens is 234 g/mol. The van der Waals surface area contributed by atoms with Crippen molar-refractivity contribution in [1.29, 1.82) is 0 Å². The Morgan fingerprint density at radius 3 is 2.68 bits per heavy atom. The molecule has 2 heterocycles. The van der Waals surface area contributed by atoms with Crippen LogP contribution in [0.2, 0.25) is 0 Å². The normalized spacial score (nSPS) is 24.2. The van der Waals surface area contributed by atoms with E-state index in [0.29, 0.717) is 5.41 Å². The summed E-state index contributed by atoms with van der Waals surface area (Å²) in [6, 6.07) is 4.27. The number of hydrogen-bond donors (Lipinski definition) is 2. The molecule has 1 aliphatic heterocycles. The lowest BCUT2D eigenvalue weighted by Crippen LogP contribution is -2.42. The quantitative estimate of drug-likeness (QED) is 0.877. The fourth-order valence-corrected chi connectivity index (χ4v) is 2.52. The summed E-state index contributed by atoms with van der Waals surface area (Å²) in [5.41, 5.74) is 1.80. The Kier molecular flexibility index (Phi) is 4.14. The van der Waals surface area contributed by atoms with Crippen molar-refractivity contribution in [3.63, 3.8) is 0 Å². The van der Waals surface area contributed by atoms with E-state index in [1.165, 1.54) is 18.4 Å². The van der Waals surface area contributed by atoms with E-state index >= 15 is 0 Å². The average Bonchev–Trinajstić information content (AvgIpc) is 2.37. The van der Waals surface area contributed by atoms with Gasteiger partial charge in [-0.05, 0) is 41.8 Å². The average molecular weight is 261 g/mol. The molecule has 2 rings (SSSR count). The van der Waals surface area contributed by atoms with Gasteiger partial charge in [0.25, 0.3) is 0 Å². The molecule has 1 unspecified atom stereocenters. The predicted molar refractivity (Wildman–Crippen MR) is 81.6 cm³/mol. The lowest BCUT2D eigenvalue weighted by Gasteiger charge is -2.34. The summed E-state index contributed by atoms with van der Waals surface area (Å²) in [5, 5.41) is 6.96. The predicted octanol–water partition coefficient (Wildman–Crippen LogP) is 3.18. The maximum atomic E-state index is 4.53. The molecule has 1 aromatic heterocycles. The van der Waals surface area contributed by atoms with E-state index in [2.05, 4.69) is 55.4 Å². The Morgan fingerprint density at radius 2 is 2.16 bits per heavy atom. The second kappa shape index (κ2) is 5.49. The van der Waals surface area contributed by atoms with Crippen molar-refractivity contribution >= 4 is 5.82 Å². The maximum Gasteiger partial charge on any atom is 0.125 e. The van der Waals surface area contributed by atoms with Crippen molar-refractivity contribution < 1.29 is 0 Å². The summed E-state index contributed by atoms with van der Waals surface area (Å²) < 4.78 is 0. The Balaban J connectivity index is 1.93. The number of piperidine rings is 1. The smallest absolute Gasteiger partial charge is 0.125 e. The minimum absolute atomic E-state index is 0.171. The molecule has 0 saturated carbocycles. The van der Waals surface area contributed by atoms with E-state index in [-0.39, 0.29) is 5.41 Å². The van der Waals surface area contributed by atoms with Gasteiger partial charge in [-0.1, -0.05) is 33.8 Å². The van der Waals surface area contributed by atoms with Crippen molar-refractivity contribution in [2.75, 3.05) is 25.0 Å². The van der Waals surface area contributed by atoms with Gasteiger partial charge in [-0.3, -0.25) is 0 Å². The van der Waals surface area contributed by atoms with Crippen molar-refractivity contribution in [3.05, 3.63) is 23.9 Å². The van der Waals surface area contributed by atoms with E-state index in [1.807, 2.05) is 6.20 Å². The molecule has 1 atom stereocenters. The third kappa shape index (κ3) is 3.93. The number of hydrogen-bond acceptors (Lipinski definition) is 3. The third-order valence-corrected chi connectivity index (χ3v) is 4.01. The number of nitrogens with one attached hydrogen (secondary N) is 2. The second-order valence-corrected chi connectivity index (χ2v) is 7.13. The largest absolute Gasteiger partial charge is 0.369 e. The maximum absolute atomic E-state index is 4.53. The SMILES string of the molecule is CC1(CNc2ccc(C(C)(C)C)cn2)CCCNC1. The molecule has 0 bridgehead atoms. The van der Waals surface area contributed by atoms with Crippen LogP contribution < -0.4 is 10.6 Å². The number of anilines is 1. The molecule has 2 N–H and O–H groups in total. The van der Waals surface area contributed by atoms with Crippen molar-refractivity contribution in [1.82, 2.24) is 10.3 Å². The van der Waals surface area contributed by atoms with Crippen LogP contribution >= 0.6 is 0 Å². The molecule has 0 radical (unpaired) electrons. The number of aromatic nitrogens is 1. The molecule has 3 heteroatoms. The van der Waals surface area contributed by atoms with Gasteiger partial charge in [-0.25, -0.2) is 4.98 Å². The Bertz CT molecular complexity index is 397. The molecule has 0 aromatic carbocycles. The lowest BCUT2D eigenvalue weighted by molar-refractivity contribution is 0.253. The van der Waals surface area contributed by atoms with Gasteiger partial charge in [-0.15, -0.1) is 0 Å². The van der Waals surface area contributed by atoms with Crippen LogP contribution in [0.4, 0.5) is 5.82 Å². The van der Waals surface area contributed by atoms with Crippen LogP contribution in [0.15, 0.2) is 18.3 Å². The first kappa shape index (κ1) is 14.3. The van der Waals surface area contributed by atoms with Crippen LogP contribution in [0.25, 0.3) is 0 Å². The summed E-state index contributed by atoms with van der Waals surface area (Å²) in [4.78, 5) is 4.53. The topological polar surface area (TPSA) is 37.0 Å². The van der Waals surface area contributed by atoms with Gasteiger partial charge >= 0.3 is 0 Å². The van der Waals surface area contributed by atoms with E-state index in [9.17, 15) is 0 Å². The van der Waals surface area contributed by atoms with Crippen molar-refractivity contribution in [2.45, 2.75) is 46.0 Å². The molecule has 0 spiro atoms. The molecule has 1 aromatic rings. The van der Waals surface area contributed by atoms with Crippen LogP contribution in [0.3, 0.4) is 0 Å². The van der Waals surface area contributed by atoms with Crippen molar-refractivity contribution in [2.24, 2.45) is 5.41 Å². The molecule has 1 aliphatic rings. The molecular formula is C16H27N3. The van der Waals surface area contributed by atoms with Crippen LogP contribution in [0, 0.1) is 5.41 Å². The molecule has 3 nitrogen and oxygen atoms in total. The standard InChI is InChI=1S/C16H27N3/c1-15(2,3)13-6-7-14(18-10-13)19-12-16(4)8-5-9-17-11-16/h6-7,10,17H,5,8-9,11-12H2,1-4H3,(H,18,19). The van der Waals surface area contributed by atoms with Crippen LogP contribution in [0.5, 0.6) is 0 Å². The fraction of sp³-hybridized carbons (Fsp3) is 0.688. The first-order valence-corrected chi connectivity index (χ1v) is 7.30. The van der Waals surface area contributed by atoms with Gasteiger partial charge in [0.2, 0.25) is 0 Å². The highest BCUT2D eigenvalue weighted by molar-refractivity contribution is 5.37. The van der Waals surface area contributed by atoms with E-state index in [4.69, 9.17) is 0 Å². The van der Waals surface area contributed by atoms with Gasteiger partial charge in [0.15, 0.2) is 0 Å². The van der Waals surface area contributed by atoms with E-state index in [1.54, 1.807) is 0 Å².